The summed E-state index contributed by atoms with van der Waals surface area (Å²) in [6.07, 6.45) is 0. The van der Waals surface area contributed by atoms with Gasteiger partial charge in [0.25, 0.3) is 0 Å². The Morgan fingerprint density at radius 1 is 0.952 bits per heavy atom. The van der Waals surface area contributed by atoms with Crippen LogP contribution >= 0.6 is 34.9 Å². The van der Waals surface area contributed by atoms with Crippen LogP contribution in [0.1, 0.15) is 17.0 Å². The van der Waals surface area contributed by atoms with E-state index in [0.29, 0.717) is 0 Å². The first kappa shape index (κ1) is 14.4. The van der Waals surface area contributed by atoms with Crippen molar-refractivity contribution in [3.63, 3.8) is 0 Å². The average Bonchev–Trinajstić information content (AvgIpc) is 2.95. The second kappa shape index (κ2) is 5.36. The Morgan fingerprint density at radius 3 is 2.05 bits per heavy atom. The van der Waals surface area contributed by atoms with Gasteiger partial charge in [-0.2, -0.15) is 0 Å². The molecule has 3 aromatic rings. The van der Waals surface area contributed by atoms with E-state index in [1.165, 1.54) is 11.3 Å². The SMILES string of the molecule is Cc1c(-n2c(C)csc2=O)cccc1-n1c(C)csc1=S. The molecule has 0 aliphatic rings. The van der Waals surface area contributed by atoms with Crippen LogP contribution in [-0.4, -0.2) is 9.13 Å². The van der Waals surface area contributed by atoms with Crippen molar-refractivity contribution < 1.29 is 0 Å². The summed E-state index contributed by atoms with van der Waals surface area (Å²) >= 11 is 8.21. The first-order valence-corrected chi connectivity index (χ1v) is 8.62. The van der Waals surface area contributed by atoms with Crippen molar-refractivity contribution in [2.75, 3.05) is 0 Å². The Hall–Kier alpha value is -1.50. The molecule has 0 saturated heterocycles. The van der Waals surface area contributed by atoms with Crippen LogP contribution < -0.4 is 4.87 Å². The molecule has 3 rings (SSSR count). The van der Waals surface area contributed by atoms with E-state index < -0.39 is 0 Å². The molecule has 0 aliphatic heterocycles. The molecule has 0 unspecified atom stereocenters. The Bertz CT molecular complexity index is 855. The minimum absolute atomic E-state index is 0.0402. The van der Waals surface area contributed by atoms with Crippen LogP contribution in [0.2, 0.25) is 0 Å². The van der Waals surface area contributed by atoms with Gasteiger partial charge in [-0.05, 0) is 50.7 Å². The van der Waals surface area contributed by atoms with Crippen LogP contribution in [0.4, 0.5) is 0 Å². The largest absolute Gasteiger partial charge is 0.311 e. The fourth-order valence-corrected chi connectivity index (χ4v) is 4.28. The third-order valence-electron chi connectivity index (χ3n) is 3.49. The predicted octanol–water partition coefficient (Wildman–Crippen LogP) is 4.41. The summed E-state index contributed by atoms with van der Waals surface area (Å²) in [4.78, 5) is 12.1. The van der Waals surface area contributed by atoms with Crippen molar-refractivity contribution in [2.24, 2.45) is 0 Å². The van der Waals surface area contributed by atoms with Crippen LogP contribution in [-0.2, 0) is 0 Å². The summed E-state index contributed by atoms with van der Waals surface area (Å²) in [6.45, 7) is 6.03. The highest BCUT2D eigenvalue weighted by Crippen LogP contribution is 2.25. The molecule has 0 atom stereocenters. The van der Waals surface area contributed by atoms with Crippen LogP contribution in [0.5, 0.6) is 0 Å². The summed E-state index contributed by atoms with van der Waals surface area (Å²) in [5.74, 6) is 0. The fourth-order valence-electron chi connectivity index (χ4n) is 2.44. The monoisotopic (exact) mass is 334 g/mol. The zero-order valence-electron chi connectivity index (χ0n) is 11.9. The van der Waals surface area contributed by atoms with Gasteiger partial charge in [0.05, 0.1) is 11.4 Å². The normalized spacial score (nSPS) is 11.0. The number of aromatic nitrogens is 2. The van der Waals surface area contributed by atoms with Gasteiger partial charge in [0.15, 0.2) is 3.95 Å². The average molecular weight is 334 g/mol. The van der Waals surface area contributed by atoms with Gasteiger partial charge in [0, 0.05) is 22.1 Å². The highest BCUT2D eigenvalue weighted by atomic mass is 32.1. The standard InChI is InChI=1S/C15H14N2OS3/c1-9-7-20-14(18)16(9)12-5-4-6-13(11(12)3)17-10(2)8-21-15(17)19/h4-8H,1-3H3. The Balaban J connectivity index is 2.31. The lowest BCUT2D eigenvalue weighted by Gasteiger charge is -2.14. The molecule has 0 radical (unpaired) electrons. The van der Waals surface area contributed by atoms with E-state index in [9.17, 15) is 4.79 Å². The maximum Gasteiger partial charge on any atom is 0.311 e. The van der Waals surface area contributed by atoms with Crippen molar-refractivity contribution in [1.29, 1.82) is 0 Å². The van der Waals surface area contributed by atoms with Gasteiger partial charge in [-0.15, -0.1) is 11.3 Å². The molecule has 1 aromatic carbocycles. The third-order valence-corrected chi connectivity index (χ3v) is 5.65. The number of aryl methyl sites for hydroxylation is 2. The van der Waals surface area contributed by atoms with Gasteiger partial charge in [-0.25, -0.2) is 0 Å². The third kappa shape index (κ3) is 2.33. The van der Waals surface area contributed by atoms with Gasteiger partial charge < -0.3 is 0 Å². The number of benzene rings is 1. The Kier molecular flexibility index (Phi) is 3.69. The smallest absolute Gasteiger partial charge is 0.296 e. The molecule has 0 aliphatic carbocycles. The molecular weight excluding hydrogens is 320 g/mol. The van der Waals surface area contributed by atoms with E-state index in [1.807, 2.05) is 44.4 Å². The molecule has 0 bridgehead atoms. The number of nitrogens with zero attached hydrogens (tertiary/aromatic N) is 2. The van der Waals surface area contributed by atoms with E-state index in [-0.39, 0.29) is 4.87 Å². The van der Waals surface area contributed by atoms with Crippen molar-refractivity contribution >= 4 is 34.9 Å². The maximum atomic E-state index is 12.1. The van der Waals surface area contributed by atoms with Crippen molar-refractivity contribution in [3.05, 3.63) is 59.5 Å². The van der Waals surface area contributed by atoms with Crippen molar-refractivity contribution in [3.8, 4) is 11.4 Å². The molecule has 0 spiro atoms. The molecule has 6 heteroatoms. The number of hydrogen-bond acceptors (Lipinski definition) is 4. The Morgan fingerprint density at radius 2 is 1.52 bits per heavy atom. The maximum absolute atomic E-state index is 12.1. The quantitative estimate of drug-likeness (QED) is 0.649. The van der Waals surface area contributed by atoms with Gasteiger partial charge in [-0.1, -0.05) is 17.4 Å². The summed E-state index contributed by atoms with van der Waals surface area (Å²) in [7, 11) is 0. The van der Waals surface area contributed by atoms with E-state index in [4.69, 9.17) is 12.2 Å². The molecular formula is C15H14N2OS3. The van der Waals surface area contributed by atoms with Gasteiger partial charge >= 0.3 is 4.87 Å². The van der Waals surface area contributed by atoms with E-state index >= 15 is 0 Å². The lowest BCUT2D eigenvalue weighted by atomic mass is 10.1. The van der Waals surface area contributed by atoms with Gasteiger partial charge in [-0.3, -0.25) is 13.9 Å². The zero-order chi connectivity index (χ0) is 15.1. The topological polar surface area (TPSA) is 26.9 Å². The molecule has 3 nitrogen and oxygen atoms in total. The molecule has 2 aromatic heterocycles. The second-order valence-corrected chi connectivity index (χ2v) is 7.20. The first-order chi connectivity index (χ1) is 10.0. The summed E-state index contributed by atoms with van der Waals surface area (Å²) in [5, 5.41) is 3.94. The van der Waals surface area contributed by atoms with Crippen LogP contribution in [0.15, 0.2) is 33.8 Å². The molecule has 108 valence electrons. The van der Waals surface area contributed by atoms with E-state index in [2.05, 4.69) is 9.95 Å². The van der Waals surface area contributed by atoms with Crippen LogP contribution in [0.25, 0.3) is 11.4 Å². The first-order valence-electron chi connectivity index (χ1n) is 6.45. The molecule has 2 heterocycles. The molecule has 0 N–H and O–H groups in total. The van der Waals surface area contributed by atoms with Crippen molar-refractivity contribution in [1.82, 2.24) is 9.13 Å². The van der Waals surface area contributed by atoms with E-state index in [1.54, 1.807) is 15.9 Å². The summed E-state index contributed by atoms with van der Waals surface area (Å²) in [5.41, 5.74) is 5.08. The Labute approximate surface area is 135 Å². The van der Waals surface area contributed by atoms with Gasteiger partial charge in [0.1, 0.15) is 0 Å². The molecule has 0 amide bonds. The number of rotatable bonds is 2. The number of hydrogen-bond donors (Lipinski definition) is 0. The molecule has 0 fully saturated rings. The zero-order valence-corrected chi connectivity index (χ0v) is 14.4. The van der Waals surface area contributed by atoms with Crippen LogP contribution in [0.3, 0.4) is 0 Å². The second-order valence-electron chi connectivity index (χ2n) is 4.88. The molecule has 21 heavy (non-hydrogen) atoms. The highest BCUT2D eigenvalue weighted by molar-refractivity contribution is 7.73. The minimum Gasteiger partial charge on any atom is -0.296 e. The fraction of sp³-hybridized carbons (Fsp3) is 0.200. The van der Waals surface area contributed by atoms with Gasteiger partial charge in [0.2, 0.25) is 0 Å². The summed E-state index contributed by atoms with van der Waals surface area (Å²) < 4.78 is 4.64. The van der Waals surface area contributed by atoms with Crippen LogP contribution in [0, 0.1) is 24.7 Å². The van der Waals surface area contributed by atoms with Crippen molar-refractivity contribution in [2.45, 2.75) is 20.8 Å². The lowest BCUT2D eigenvalue weighted by molar-refractivity contribution is 0.942. The predicted molar refractivity (Wildman–Crippen MR) is 92.2 cm³/mol. The molecule has 0 saturated carbocycles. The number of thiazole rings is 2. The highest BCUT2D eigenvalue weighted by Gasteiger charge is 2.13. The summed E-state index contributed by atoms with van der Waals surface area (Å²) in [6, 6.07) is 5.99. The lowest BCUT2D eigenvalue weighted by Crippen LogP contribution is -2.14. The van der Waals surface area contributed by atoms with E-state index in [0.717, 1.165) is 32.3 Å². The minimum atomic E-state index is 0.0402.